The van der Waals surface area contributed by atoms with Crippen molar-refractivity contribution in [2.45, 2.75) is 6.42 Å². The standard InChI is InChI=1S/C10H10N6O2/c11-2-6-3-14-10(13)15-9(6)16-4-5(8(12)18)1-7(16)17/h3,5H,1,4H2,(H2,12,18)(H2,13,14,15). The van der Waals surface area contributed by atoms with Crippen LogP contribution in [0.2, 0.25) is 0 Å². The number of carbonyl (C=O) groups excluding carboxylic acids is 2. The molecule has 0 bridgehead atoms. The Morgan fingerprint density at radius 1 is 1.61 bits per heavy atom. The maximum absolute atomic E-state index is 11.8. The maximum Gasteiger partial charge on any atom is 0.229 e. The van der Waals surface area contributed by atoms with Crippen LogP contribution in [-0.4, -0.2) is 28.3 Å². The quantitative estimate of drug-likeness (QED) is 0.669. The first-order chi connectivity index (χ1) is 8.52. The fourth-order valence-electron chi connectivity index (χ4n) is 1.77. The number of nitrogens with two attached hydrogens (primary N) is 2. The van der Waals surface area contributed by atoms with Crippen LogP contribution < -0.4 is 16.4 Å². The lowest BCUT2D eigenvalue weighted by Gasteiger charge is -2.16. The van der Waals surface area contributed by atoms with E-state index in [4.69, 9.17) is 16.7 Å². The summed E-state index contributed by atoms with van der Waals surface area (Å²) in [5.41, 5.74) is 10.7. The Kier molecular flexibility index (Phi) is 2.81. The van der Waals surface area contributed by atoms with Crippen LogP contribution in [0.1, 0.15) is 12.0 Å². The van der Waals surface area contributed by atoms with Gasteiger partial charge in [-0.05, 0) is 0 Å². The summed E-state index contributed by atoms with van der Waals surface area (Å²) in [5, 5.41) is 8.93. The minimum Gasteiger partial charge on any atom is -0.369 e. The summed E-state index contributed by atoms with van der Waals surface area (Å²) in [7, 11) is 0. The zero-order valence-corrected chi connectivity index (χ0v) is 9.33. The highest BCUT2D eigenvalue weighted by atomic mass is 16.2. The molecule has 1 aliphatic heterocycles. The summed E-state index contributed by atoms with van der Waals surface area (Å²) in [6.45, 7) is 0.110. The predicted octanol–water partition coefficient (Wildman–Crippen LogP) is -1.23. The van der Waals surface area contributed by atoms with Crippen LogP contribution in [0, 0.1) is 17.2 Å². The van der Waals surface area contributed by atoms with E-state index in [9.17, 15) is 9.59 Å². The van der Waals surface area contributed by atoms with Crippen molar-refractivity contribution in [3.05, 3.63) is 11.8 Å². The molecule has 4 N–H and O–H groups in total. The fraction of sp³-hybridized carbons (Fsp3) is 0.300. The number of aromatic nitrogens is 2. The first-order valence-corrected chi connectivity index (χ1v) is 5.15. The van der Waals surface area contributed by atoms with Gasteiger partial charge in [0.2, 0.25) is 17.8 Å². The zero-order valence-electron chi connectivity index (χ0n) is 9.33. The molecule has 0 aliphatic carbocycles. The Bertz CT molecular complexity index is 564. The number of nitrogen functional groups attached to an aromatic ring is 1. The van der Waals surface area contributed by atoms with Gasteiger partial charge in [-0.3, -0.25) is 14.5 Å². The Morgan fingerprint density at radius 3 is 2.89 bits per heavy atom. The molecule has 2 heterocycles. The highest BCUT2D eigenvalue weighted by molar-refractivity contribution is 6.00. The Labute approximate surface area is 102 Å². The van der Waals surface area contributed by atoms with Crippen molar-refractivity contribution < 1.29 is 9.59 Å². The van der Waals surface area contributed by atoms with Gasteiger partial charge in [-0.25, -0.2) is 4.98 Å². The molecule has 18 heavy (non-hydrogen) atoms. The molecule has 1 saturated heterocycles. The van der Waals surface area contributed by atoms with Crippen molar-refractivity contribution in [3.63, 3.8) is 0 Å². The molecule has 1 aliphatic rings. The van der Waals surface area contributed by atoms with Gasteiger partial charge in [0.1, 0.15) is 11.6 Å². The summed E-state index contributed by atoms with van der Waals surface area (Å²) in [4.78, 5) is 31.6. The van der Waals surface area contributed by atoms with E-state index in [1.807, 2.05) is 6.07 Å². The van der Waals surface area contributed by atoms with E-state index in [1.165, 1.54) is 11.1 Å². The number of hydrogen-bond acceptors (Lipinski definition) is 6. The summed E-state index contributed by atoms with van der Waals surface area (Å²) in [5.74, 6) is -1.35. The largest absolute Gasteiger partial charge is 0.369 e. The van der Waals surface area contributed by atoms with Crippen molar-refractivity contribution in [2.24, 2.45) is 11.7 Å². The lowest BCUT2D eigenvalue weighted by molar-refractivity contribution is -0.123. The number of amides is 2. The van der Waals surface area contributed by atoms with Crippen molar-refractivity contribution in [1.82, 2.24) is 9.97 Å². The number of primary amides is 1. The third kappa shape index (κ3) is 1.93. The molecule has 8 nitrogen and oxygen atoms in total. The highest BCUT2D eigenvalue weighted by Crippen LogP contribution is 2.26. The second kappa shape index (κ2) is 4.29. The molecule has 0 saturated carbocycles. The molecule has 2 rings (SSSR count). The van der Waals surface area contributed by atoms with E-state index < -0.39 is 11.8 Å². The van der Waals surface area contributed by atoms with Crippen LogP contribution in [0.5, 0.6) is 0 Å². The van der Waals surface area contributed by atoms with Crippen molar-refractivity contribution in [2.75, 3.05) is 17.2 Å². The predicted molar refractivity (Wildman–Crippen MR) is 60.8 cm³/mol. The fourth-order valence-corrected chi connectivity index (χ4v) is 1.77. The Balaban J connectivity index is 2.38. The van der Waals surface area contributed by atoms with E-state index in [-0.39, 0.29) is 36.2 Å². The minimum atomic E-state index is -0.569. The number of hydrogen-bond donors (Lipinski definition) is 2. The van der Waals surface area contributed by atoms with Crippen LogP contribution in [0.15, 0.2) is 6.20 Å². The van der Waals surface area contributed by atoms with Gasteiger partial charge in [0.05, 0.1) is 12.1 Å². The first-order valence-electron chi connectivity index (χ1n) is 5.15. The molecule has 1 unspecified atom stereocenters. The number of anilines is 2. The topological polar surface area (TPSA) is 139 Å². The lowest BCUT2D eigenvalue weighted by atomic mass is 10.1. The van der Waals surface area contributed by atoms with Crippen LogP contribution in [0.4, 0.5) is 11.8 Å². The molecule has 92 valence electrons. The third-order valence-corrected chi connectivity index (χ3v) is 2.69. The van der Waals surface area contributed by atoms with Gasteiger partial charge in [-0.15, -0.1) is 0 Å². The summed E-state index contributed by atoms with van der Waals surface area (Å²) < 4.78 is 0. The minimum absolute atomic E-state index is 0.0180. The van der Waals surface area contributed by atoms with Crippen LogP contribution >= 0.6 is 0 Å². The summed E-state index contributed by atoms with van der Waals surface area (Å²) >= 11 is 0. The Morgan fingerprint density at radius 2 is 2.33 bits per heavy atom. The number of nitrogens with zero attached hydrogens (tertiary/aromatic N) is 4. The molecule has 1 fully saturated rings. The molecule has 0 spiro atoms. The van der Waals surface area contributed by atoms with Crippen molar-refractivity contribution in [1.29, 1.82) is 5.26 Å². The molecular weight excluding hydrogens is 236 g/mol. The molecule has 2 amide bonds. The molecule has 0 radical (unpaired) electrons. The van der Waals surface area contributed by atoms with Crippen LogP contribution in [0.3, 0.4) is 0 Å². The van der Waals surface area contributed by atoms with Gasteiger partial charge in [-0.2, -0.15) is 10.2 Å². The zero-order chi connectivity index (χ0) is 13.3. The van der Waals surface area contributed by atoms with E-state index >= 15 is 0 Å². The van der Waals surface area contributed by atoms with Crippen molar-refractivity contribution >= 4 is 23.6 Å². The average molecular weight is 246 g/mol. The van der Waals surface area contributed by atoms with Gasteiger partial charge in [0, 0.05) is 13.0 Å². The van der Waals surface area contributed by atoms with Gasteiger partial charge < -0.3 is 11.5 Å². The van der Waals surface area contributed by atoms with Gasteiger partial charge >= 0.3 is 0 Å². The number of nitriles is 1. The number of rotatable bonds is 2. The first kappa shape index (κ1) is 11.8. The van der Waals surface area contributed by atoms with Gasteiger partial charge in [0.25, 0.3) is 0 Å². The molecule has 1 atom stereocenters. The van der Waals surface area contributed by atoms with E-state index in [1.54, 1.807) is 0 Å². The smallest absolute Gasteiger partial charge is 0.229 e. The SMILES string of the molecule is N#Cc1cnc(N)nc1N1CC(C(N)=O)CC1=O. The highest BCUT2D eigenvalue weighted by Gasteiger charge is 2.35. The molecular formula is C10H10N6O2. The van der Waals surface area contributed by atoms with Crippen molar-refractivity contribution in [3.8, 4) is 6.07 Å². The van der Waals surface area contributed by atoms with Crippen LogP contribution in [-0.2, 0) is 9.59 Å². The van der Waals surface area contributed by atoms with E-state index in [0.29, 0.717) is 0 Å². The third-order valence-electron chi connectivity index (χ3n) is 2.69. The summed E-state index contributed by atoms with van der Waals surface area (Å²) in [6.07, 6.45) is 1.26. The van der Waals surface area contributed by atoms with Crippen LogP contribution in [0.25, 0.3) is 0 Å². The summed E-state index contributed by atoms with van der Waals surface area (Å²) in [6, 6.07) is 1.87. The Hall–Kier alpha value is -2.69. The molecule has 0 aromatic carbocycles. The van der Waals surface area contributed by atoms with E-state index in [0.717, 1.165) is 0 Å². The lowest BCUT2D eigenvalue weighted by Crippen LogP contribution is -2.29. The van der Waals surface area contributed by atoms with Gasteiger partial charge in [-0.1, -0.05) is 0 Å². The monoisotopic (exact) mass is 246 g/mol. The second-order valence-corrected chi connectivity index (χ2v) is 3.89. The maximum atomic E-state index is 11.8. The van der Waals surface area contributed by atoms with E-state index in [2.05, 4.69) is 9.97 Å². The normalized spacial score (nSPS) is 18.7. The molecule has 1 aromatic heterocycles. The molecule has 1 aromatic rings. The average Bonchev–Trinajstić information content (AvgIpc) is 2.71. The number of carbonyl (C=O) groups is 2. The van der Waals surface area contributed by atoms with Gasteiger partial charge in [0.15, 0.2) is 5.82 Å². The second-order valence-electron chi connectivity index (χ2n) is 3.89. The molecule has 8 heteroatoms.